The van der Waals surface area contributed by atoms with Crippen molar-refractivity contribution >= 4 is 0 Å². The third kappa shape index (κ3) is 2.26. The fourth-order valence-electron chi connectivity index (χ4n) is 1.61. The van der Waals surface area contributed by atoms with E-state index in [9.17, 15) is 0 Å². The van der Waals surface area contributed by atoms with Gasteiger partial charge in [-0.05, 0) is 43.4 Å². The average Bonchev–Trinajstić information content (AvgIpc) is 3.03. The van der Waals surface area contributed by atoms with Crippen LogP contribution in [0.4, 0.5) is 0 Å². The summed E-state index contributed by atoms with van der Waals surface area (Å²) < 4.78 is 5.70. The van der Waals surface area contributed by atoms with Crippen LogP contribution in [0, 0.1) is 0 Å². The Hall–Kier alpha value is -1.02. The Kier molecular flexibility index (Phi) is 3.04. The van der Waals surface area contributed by atoms with Crippen molar-refractivity contribution < 1.29 is 4.74 Å². The van der Waals surface area contributed by atoms with Crippen LogP contribution in [0.15, 0.2) is 24.3 Å². The summed E-state index contributed by atoms with van der Waals surface area (Å²) in [5, 5.41) is 0. The van der Waals surface area contributed by atoms with Crippen molar-refractivity contribution in [3.05, 3.63) is 29.8 Å². The fourth-order valence-corrected chi connectivity index (χ4v) is 1.61. The van der Waals surface area contributed by atoms with Gasteiger partial charge in [0, 0.05) is 0 Å². The van der Waals surface area contributed by atoms with Gasteiger partial charge in [0.25, 0.3) is 0 Å². The minimum atomic E-state index is 0.700. The Morgan fingerprint density at radius 2 is 2.07 bits per heavy atom. The number of para-hydroxylation sites is 1. The fraction of sp³-hybridized carbons (Fsp3) is 0.500. The van der Waals surface area contributed by atoms with Crippen molar-refractivity contribution in [3.63, 3.8) is 0 Å². The number of rotatable bonds is 5. The Labute approximate surface area is 85.1 Å². The van der Waals surface area contributed by atoms with E-state index in [4.69, 9.17) is 10.5 Å². The van der Waals surface area contributed by atoms with Gasteiger partial charge in [-0.15, -0.1) is 0 Å². The summed E-state index contributed by atoms with van der Waals surface area (Å²) >= 11 is 0. The number of hydrogen-bond acceptors (Lipinski definition) is 2. The minimum Gasteiger partial charge on any atom is -0.493 e. The molecule has 0 aromatic heterocycles. The molecule has 0 spiro atoms. The predicted octanol–water partition coefficient (Wildman–Crippen LogP) is 2.29. The van der Waals surface area contributed by atoms with Crippen molar-refractivity contribution in [2.24, 2.45) is 5.73 Å². The molecule has 1 aliphatic carbocycles. The standard InChI is InChI=1S/C12H17NO/c13-8-3-9-14-12-5-2-1-4-11(12)10-6-7-10/h1-2,4-5,10H,3,6-9,13H2. The molecule has 0 aliphatic heterocycles. The highest BCUT2D eigenvalue weighted by Crippen LogP contribution is 2.44. The molecular weight excluding hydrogens is 174 g/mol. The second-order valence-electron chi connectivity index (χ2n) is 3.80. The molecule has 0 bridgehead atoms. The molecule has 2 rings (SSSR count). The van der Waals surface area contributed by atoms with Crippen LogP contribution in [0.2, 0.25) is 0 Å². The maximum absolute atomic E-state index is 5.70. The van der Waals surface area contributed by atoms with Gasteiger partial charge in [0.1, 0.15) is 5.75 Å². The molecule has 1 fully saturated rings. The predicted molar refractivity (Wildman–Crippen MR) is 57.6 cm³/mol. The maximum atomic E-state index is 5.70. The third-order valence-corrected chi connectivity index (χ3v) is 2.54. The molecule has 2 N–H and O–H groups in total. The van der Waals surface area contributed by atoms with Gasteiger partial charge in [0.15, 0.2) is 0 Å². The molecule has 0 radical (unpaired) electrons. The van der Waals surface area contributed by atoms with Crippen LogP contribution in [-0.2, 0) is 0 Å². The van der Waals surface area contributed by atoms with Gasteiger partial charge in [-0.3, -0.25) is 0 Å². The maximum Gasteiger partial charge on any atom is 0.122 e. The summed E-state index contributed by atoms with van der Waals surface area (Å²) in [5.41, 5.74) is 6.80. The molecule has 0 heterocycles. The van der Waals surface area contributed by atoms with Crippen LogP contribution in [-0.4, -0.2) is 13.2 Å². The van der Waals surface area contributed by atoms with E-state index in [1.54, 1.807) is 0 Å². The highest BCUT2D eigenvalue weighted by Gasteiger charge is 2.26. The average molecular weight is 191 g/mol. The largest absolute Gasteiger partial charge is 0.493 e. The van der Waals surface area contributed by atoms with Gasteiger partial charge in [0.2, 0.25) is 0 Å². The lowest BCUT2D eigenvalue weighted by atomic mass is 10.1. The first-order chi connectivity index (χ1) is 6.92. The number of nitrogens with two attached hydrogens (primary N) is 1. The molecule has 1 aliphatic rings. The van der Waals surface area contributed by atoms with E-state index in [1.165, 1.54) is 18.4 Å². The van der Waals surface area contributed by atoms with Crippen molar-refractivity contribution in [1.29, 1.82) is 0 Å². The van der Waals surface area contributed by atoms with E-state index in [1.807, 2.05) is 6.07 Å². The SMILES string of the molecule is NCCCOc1ccccc1C1CC1. The van der Waals surface area contributed by atoms with Crippen molar-refractivity contribution in [2.45, 2.75) is 25.2 Å². The number of ether oxygens (including phenoxy) is 1. The van der Waals surface area contributed by atoms with Crippen LogP contribution in [0.25, 0.3) is 0 Å². The smallest absolute Gasteiger partial charge is 0.122 e. The lowest BCUT2D eigenvalue weighted by Gasteiger charge is -2.09. The van der Waals surface area contributed by atoms with Gasteiger partial charge in [0.05, 0.1) is 6.61 Å². The van der Waals surface area contributed by atoms with Crippen molar-refractivity contribution in [1.82, 2.24) is 0 Å². The van der Waals surface area contributed by atoms with E-state index >= 15 is 0 Å². The van der Waals surface area contributed by atoms with E-state index in [2.05, 4.69) is 18.2 Å². The zero-order valence-electron chi connectivity index (χ0n) is 8.41. The Morgan fingerprint density at radius 1 is 1.29 bits per heavy atom. The first-order valence-electron chi connectivity index (χ1n) is 5.33. The lowest BCUT2D eigenvalue weighted by molar-refractivity contribution is 0.310. The van der Waals surface area contributed by atoms with Crippen LogP contribution < -0.4 is 10.5 Å². The van der Waals surface area contributed by atoms with E-state index in [-0.39, 0.29) is 0 Å². The van der Waals surface area contributed by atoms with Crippen LogP contribution in [0.3, 0.4) is 0 Å². The van der Waals surface area contributed by atoms with Gasteiger partial charge in [-0.1, -0.05) is 18.2 Å². The molecule has 0 amide bonds. The quantitative estimate of drug-likeness (QED) is 0.725. The summed E-state index contributed by atoms with van der Waals surface area (Å²) in [7, 11) is 0. The number of hydrogen-bond donors (Lipinski definition) is 1. The third-order valence-electron chi connectivity index (χ3n) is 2.54. The highest BCUT2D eigenvalue weighted by molar-refractivity contribution is 5.38. The molecule has 1 aromatic carbocycles. The molecular formula is C12H17NO. The normalized spacial score (nSPS) is 15.5. The van der Waals surface area contributed by atoms with Crippen LogP contribution in [0.1, 0.15) is 30.7 Å². The second-order valence-corrected chi connectivity index (χ2v) is 3.80. The summed E-state index contributed by atoms with van der Waals surface area (Å²) in [6.45, 7) is 1.44. The lowest BCUT2D eigenvalue weighted by Crippen LogP contribution is -2.06. The van der Waals surface area contributed by atoms with Crippen molar-refractivity contribution in [3.8, 4) is 5.75 Å². The zero-order chi connectivity index (χ0) is 9.80. The molecule has 76 valence electrons. The molecule has 0 saturated heterocycles. The molecule has 1 aromatic rings. The second kappa shape index (κ2) is 4.47. The first-order valence-corrected chi connectivity index (χ1v) is 5.33. The molecule has 0 unspecified atom stereocenters. The Morgan fingerprint density at radius 3 is 2.79 bits per heavy atom. The summed E-state index contributed by atoms with van der Waals surface area (Å²) in [6.07, 6.45) is 3.56. The van der Waals surface area contributed by atoms with Crippen LogP contribution >= 0.6 is 0 Å². The molecule has 0 atom stereocenters. The summed E-state index contributed by atoms with van der Waals surface area (Å²) in [5.74, 6) is 1.81. The zero-order valence-corrected chi connectivity index (χ0v) is 8.41. The van der Waals surface area contributed by atoms with Crippen LogP contribution in [0.5, 0.6) is 5.75 Å². The Balaban J connectivity index is 2.00. The Bertz CT molecular complexity index is 294. The highest BCUT2D eigenvalue weighted by atomic mass is 16.5. The summed E-state index contributed by atoms with van der Waals surface area (Å²) in [6, 6.07) is 8.35. The van der Waals surface area contributed by atoms with E-state index in [0.29, 0.717) is 6.54 Å². The van der Waals surface area contributed by atoms with Gasteiger partial charge >= 0.3 is 0 Å². The topological polar surface area (TPSA) is 35.2 Å². The monoisotopic (exact) mass is 191 g/mol. The molecule has 14 heavy (non-hydrogen) atoms. The number of benzene rings is 1. The molecule has 2 heteroatoms. The van der Waals surface area contributed by atoms with Crippen molar-refractivity contribution in [2.75, 3.05) is 13.2 Å². The van der Waals surface area contributed by atoms with Gasteiger partial charge < -0.3 is 10.5 Å². The van der Waals surface area contributed by atoms with Gasteiger partial charge in [-0.25, -0.2) is 0 Å². The summed E-state index contributed by atoms with van der Waals surface area (Å²) in [4.78, 5) is 0. The first kappa shape index (κ1) is 9.53. The molecule has 1 saturated carbocycles. The van der Waals surface area contributed by atoms with Gasteiger partial charge in [-0.2, -0.15) is 0 Å². The minimum absolute atomic E-state index is 0.700. The van der Waals surface area contributed by atoms with E-state index < -0.39 is 0 Å². The molecule has 2 nitrogen and oxygen atoms in total. The van der Waals surface area contributed by atoms with E-state index in [0.717, 1.165) is 24.7 Å².